The zero-order chi connectivity index (χ0) is 26.4. The molecule has 0 heterocycles. The van der Waals surface area contributed by atoms with Crippen LogP contribution in [0.3, 0.4) is 0 Å². The Hall–Kier alpha value is -1.58. The molecule has 36 heavy (non-hydrogen) atoms. The molecular weight excluding hydrogens is 448 g/mol. The molecule has 0 atom stereocenters. The lowest BCUT2D eigenvalue weighted by molar-refractivity contribution is -0.144. The lowest BCUT2D eigenvalue weighted by atomic mass is 10.1. The summed E-state index contributed by atoms with van der Waals surface area (Å²) in [7, 11) is 0. The Bertz CT molecular complexity index is 490. The molecule has 4 heteroatoms. The first-order chi connectivity index (χ1) is 17.7. The lowest BCUT2D eigenvalue weighted by Gasteiger charge is -2.02. The molecule has 0 unspecified atom stereocenters. The Morgan fingerprint density at radius 3 is 1.03 bits per heavy atom. The maximum Gasteiger partial charge on any atom is 0.311 e. The van der Waals surface area contributed by atoms with Crippen molar-refractivity contribution in [2.24, 2.45) is 0 Å². The lowest BCUT2D eigenvalue weighted by Crippen LogP contribution is -2.06. The highest BCUT2D eigenvalue weighted by atomic mass is 16.5. The molecule has 0 spiro atoms. The predicted octanol–water partition coefficient (Wildman–Crippen LogP) is 10.5. The SMILES string of the molecule is CCCCCCCCCCCC/C=C/OC(=O)CCC(=O)O/C=C/CCCCCCCCCCCC. The molecule has 0 aliphatic rings. The smallest absolute Gasteiger partial charge is 0.311 e. The van der Waals surface area contributed by atoms with Gasteiger partial charge in [0, 0.05) is 0 Å². The van der Waals surface area contributed by atoms with Crippen LogP contribution < -0.4 is 0 Å². The Morgan fingerprint density at radius 1 is 0.444 bits per heavy atom. The Balaban J connectivity index is 3.43. The van der Waals surface area contributed by atoms with E-state index in [1.54, 1.807) is 0 Å². The molecule has 0 amide bonds. The fraction of sp³-hybridized carbons (Fsp3) is 0.812. The van der Waals surface area contributed by atoms with Crippen LogP contribution in [0.25, 0.3) is 0 Å². The van der Waals surface area contributed by atoms with Crippen molar-refractivity contribution < 1.29 is 19.1 Å². The molecule has 0 aromatic carbocycles. The number of carbonyl (C=O) groups is 2. The number of rotatable bonds is 27. The van der Waals surface area contributed by atoms with Crippen molar-refractivity contribution >= 4 is 11.9 Å². The molecule has 0 radical (unpaired) electrons. The summed E-state index contributed by atoms with van der Waals surface area (Å²) >= 11 is 0. The minimum Gasteiger partial charge on any atom is -0.435 e. The molecule has 0 aliphatic carbocycles. The van der Waals surface area contributed by atoms with Crippen LogP contribution in [0, 0.1) is 0 Å². The van der Waals surface area contributed by atoms with E-state index in [4.69, 9.17) is 9.47 Å². The van der Waals surface area contributed by atoms with Gasteiger partial charge in [0.05, 0.1) is 25.4 Å². The second-order valence-corrected chi connectivity index (χ2v) is 10.2. The van der Waals surface area contributed by atoms with Crippen LogP contribution in [-0.4, -0.2) is 11.9 Å². The number of allylic oxidation sites excluding steroid dienone is 2. The summed E-state index contributed by atoms with van der Waals surface area (Å²) < 4.78 is 10.1. The second kappa shape index (κ2) is 29.6. The quantitative estimate of drug-likeness (QED) is 0.0631. The van der Waals surface area contributed by atoms with E-state index >= 15 is 0 Å². The number of hydrogen-bond donors (Lipinski definition) is 0. The van der Waals surface area contributed by atoms with Crippen LogP contribution in [-0.2, 0) is 19.1 Å². The van der Waals surface area contributed by atoms with Gasteiger partial charge in [-0.25, -0.2) is 0 Å². The van der Waals surface area contributed by atoms with Crippen LogP contribution in [0.5, 0.6) is 0 Å². The largest absolute Gasteiger partial charge is 0.435 e. The summed E-state index contributed by atoms with van der Waals surface area (Å²) in [6.07, 6.45) is 35.0. The summed E-state index contributed by atoms with van der Waals surface area (Å²) in [6.45, 7) is 4.51. The van der Waals surface area contributed by atoms with E-state index < -0.39 is 0 Å². The van der Waals surface area contributed by atoms with Gasteiger partial charge >= 0.3 is 11.9 Å². The molecule has 0 aromatic heterocycles. The first-order valence-electron chi connectivity index (χ1n) is 15.4. The van der Waals surface area contributed by atoms with Gasteiger partial charge < -0.3 is 9.47 Å². The molecule has 0 saturated carbocycles. The predicted molar refractivity (Wildman–Crippen MR) is 153 cm³/mol. The maximum atomic E-state index is 11.7. The van der Waals surface area contributed by atoms with E-state index in [0.29, 0.717) is 0 Å². The number of carbonyl (C=O) groups excluding carboxylic acids is 2. The van der Waals surface area contributed by atoms with E-state index in [0.717, 1.165) is 25.7 Å². The highest BCUT2D eigenvalue weighted by molar-refractivity contribution is 5.78. The zero-order valence-electron chi connectivity index (χ0n) is 23.9. The van der Waals surface area contributed by atoms with Gasteiger partial charge in [-0.3, -0.25) is 9.59 Å². The van der Waals surface area contributed by atoms with Gasteiger partial charge in [0.2, 0.25) is 0 Å². The minimum atomic E-state index is -0.388. The average molecular weight is 507 g/mol. The van der Waals surface area contributed by atoms with Crippen molar-refractivity contribution in [2.45, 2.75) is 168 Å². The molecule has 0 saturated heterocycles. The van der Waals surface area contributed by atoms with Gasteiger partial charge in [-0.2, -0.15) is 0 Å². The van der Waals surface area contributed by atoms with Crippen molar-refractivity contribution in [3.63, 3.8) is 0 Å². The molecule has 0 rings (SSSR count). The van der Waals surface area contributed by atoms with Crippen LogP contribution in [0.15, 0.2) is 24.7 Å². The molecule has 0 bridgehead atoms. The van der Waals surface area contributed by atoms with Gasteiger partial charge in [-0.1, -0.05) is 129 Å². The van der Waals surface area contributed by atoms with E-state index in [1.807, 2.05) is 12.2 Å². The first kappa shape index (κ1) is 34.4. The van der Waals surface area contributed by atoms with Gasteiger partial charge in [0.25, 0.3) is 0 Å². The van der Waals surface area contributed by atoms with Gasteiger partial charge in [0.15, 0.2) is 0 Å². The molecule has 4 nitrogen and oxygen atoms in total. The van der Waals surface area contributed by atoms with Crippen LogP contribution >= 0.6 is 0 Å². The van der Waals surface area contributed by atoms with Crippen molar-refractivity contribution in [1.29, 1.82) is 0 Å². The number of hydrogen-bond acceptors (Lipinski definition) is 4. The third-order valence-corrected chi connectivity index (χ3v) is 6.57. The normalized spacial score (nSPS) is 11.5. The monoisotopic (exact) mass is 506 g/mol. The van der Waals surface area contributed by atoms with E-state index in [-0.39, 0.29) is 24.8 Å². The minimum absolute atomic E-state index is 0.0493. The molecule has 0 aromatic rings. The van der Waals surface area contributed by atoms with E-state index in [1.165, 1.54) is 128 Å². The van der Waals surface area contributed by atoms with Crippen LogP contribution in [0.4, 0.5) is 0 Å². The summed E-state index contributed by atoms with van der Waals surface area (Å²) in [6, 6.07) is 0. The summed E-state index contributed by atoms with van der Waals surface area (Å²) in [5.41, 5.74) is 0. The Morgan fingerprint density at radius 2 is 0.722 bits per heavy atom. The fourth-order valence-electron chi connectivity index (χ4n) is 4.21. The van der Waals surface area contributed by atoms with Crippen molar-refractivity contribution in [3.05, 3.63) is 24.7 Å². The van der Waals surface area contributed by atoms with Gasteiger partial charge in [-0.15, -0.1) is 0 Å². The number of ether oxygens (including phenoxy) is 2. The third-order valence-electron chi connectivity index (χ3n) is 6.57. The summed E-state index contributed by atoms with van der Waals surface area (Å²) in [4.78, 5) is 23.5. The van der Waals surface area contributed by atoms with Gasteiger partial charge in [0.1, 0.15) is 0 Å². The Kier molecular flexibility index (Phi) is 28.3. The van der Waals surface area contributed by atoms with Gasteiger partial charge in [-0.05, 0) is 37.8 Å². The van der Waals surface area contributed by atoms with Crippen LogP contribution in [0.2, 0.25) is 0 Å². The Labute approximate surface area is 223 Å². The third kappa shape index (κ3) is 28.7. The zero-order valence-corrected chi connectivity index (χ0v) is 23.9. The topological polar surface area (TPSA) is 52.6 Å². The first-order valence-corrected chi connectivity index (χ1v) is 15.4. The molecular formula is C32H58O4. The van der Waals surface area contributed by atoms with Crippen LogP contribution in [0.1, 0.15) is 168 Å². The molecule has 0 N–H and O–H groups in total. The maximum absolute atomic E-state index is 11.7. The van der Waals surface area contributed by atoms with Crippen molar-refractivity contribution in [2.75, 3.05) is 0 Å². The summed E-state index contributed by atoms with van der Waals surface area (Å²) in [5, 5.41) is 0. The number of unbranched alkanes of at least 4 members (excludes halogenated alkanes) is 20. The molecule has 0 fully saturated rings. The second-order valence-electron chi connectivity index (χ2n) is 10.2. The van der Waals surface area contributed by atoms with E-state index in [2.05, 4.69) is 13.8 Å². The standard InChI is InChI=1S/C32H58O4/c1-3-5-7-9-11-13-15-17-19-21-23-25-29-35-31(33)27-28-32(34)36-30-26-24-22-20-18-16-14-12-10-8-6-4-2/h25-26,29-30H,3-24,27-28H2,1-2H3/b29-25+,30-26+. The van der Waals surface area contributed by atoms with E-state index in [9.17, 15) is 9.59 Å². The molecule has 0 aliphatic heterocycles. The highest BCUT2D eigenvalue weighted by Crippen LogP contribution is 2.12. The highest BCUT2D eigenvalue weighted by Gasteiger charge is 2.07. The fourth-order valence-corrected chi connectivity index (χ4v) is 4.21. The number of esters is 2. The average Bonchev–Trinajstić information content (AvgIpc) is 2.88. The molecule has 210 valence electrons. The summed E-state index contributed by atoms with van der Waals surface area (Å²) in [5.74, 6) is -0.777. The van der Waals surface area contributed by atoms with Crippen molar-refractivity contribution in [1.82, 2.24) is 0 Å². The van der Waals surface area contributed by atoms with Crippen molar-refractivity contribution in [3.8, 4) is 0 Å².